The third-order valence-corrected chi connectivity index (χ3v) is 3.21. The second-order valence-electron chi connectivity index (χ2n) is 4.73. The van der Waals surface area contributed by atoms with Gasteiger partial charge in [0.05, 0.1) is 5.69 Å². The van der Waals surface area contributed by atoms with Crippen LogP contribution in [0.3, 0.4) is 0 Å². The summed E-state index contributed by atoms with van der Waals surface area (Å²) in [5.74, 6) is 0.882. The number of nitrogens with zero attached hydrogens (tertiary/aromatic N) is 3. The smallest absolute Gasteiger partial charge is 0.263 e. The third-order valence-electron chi connectivity index (χ3n) is 3.21. The lowest BCUT2D eigenvalue weighted by atomic mass is 10.1. The van der Waals surface area contributed by atoms with E-state index in [0.717, 1.165) is 11.3 Å². The Hall–Kier alpha value is -2.37. The highest BCUT2D eigenvalue weighted by Crippen LogP contribution is 2.16. The van der Waals surface area contributed by atoms with Gasteiger partial charge in [-0.1, -0.05) is 11.3 Å². The topological polar surface area (TPSA) is 69.0 Å². The Balaban J connectivity index is 1.92. The highest BCUT2D eigenvalue weighted by atomic mass is 16.5. The molecule has 0 spiro atoms. The number of carbonyl (C=O) groups excluding carboxylic acids is 1. The summed E-state index contributed by atoms with van der Waals surface area (Å²) in [7, 11) is 1.77. The van der Waals surface area contributed by atoms with Crippen molar-refractivity contribution in [3.63, 3.8) is 0 Å². The summed E-state index contributed by atoms with van der Waals surface area (Å²) in [5.41, 5.74) is 3.12. The fourth-order valence-corrected chi connectivity index (χ4v) is 1.64. The number of ether oxygens (including phenoxy) is 1. The molecule has 0 fully saturated rings. The van der Waals surface area contributed by atoms with Gasteiger partial charge < -0.3 is 10.1 Å². The van der Waals surface area contributed by atoms with Crippen LogP contribution in [0.4, 0.5) is 5.82 Å². The van der Waals surface area contributed by atoms with E-state index < -0.39 is 0 Å². The first kappa shape index (κ1) is 14.0. The van der Waals surface area contributed by atoms with E-state index in [1.165, 1.54) is 5.56 Å². The maximum absolute atomic E-state index is 11.8. The van der Waals surface area contributed by atoms with Crippen LogP contribution in [-0.2, 0) is 11.8 Å². The van der Waals surface area contributed by atoms with Crippen LogP contribution in [0.1, 0.15) is 16.8 Å². The number of hydrogen-bond donors (Lipinski definition) is 1. The fraction of sp³-hybridized carbons (Fsp3) is 0.357. The van der Waals surface area contributed by atoms with Crippen molar-refractivity contribution in [3.05, 3.63) is 35.0 Å². The Morgan fingerprint density at radius 3 is 2.65 bits per heavy atom. The third kappa shape index (κ3) is 3.14. The van der Waals surface area contributed by atoms with E-state index in [1.807, 2.05) is 39.0 Å². The molecule has 1 N–H and O–H groups in total. The number of hydrogen-bond acceptors (Lipinski definition) is 4. The molecule has 0 bridgehead atoms. The Labute approximate surface area is 117 Å². The summed E-state index contributed by atoms with van der Waals surface area (Å²) < 4.78 is 7.05. The molecule has 2 aromatic rings. The van der Waals surface area contributed by atoms with Crippen molar-refractivity contribution in [2.24, 2.45) is 7.05 Å². The molecule has 1 amide bonds. The molecule has 0 radical (unpaired) electrons. The molecule has 1 aromatic carbocycles. The van der Waals surface area contributed by atoms with E-state index in [0.29, 0.717) is 11.6 Å². The van der Waals surface area contributed by atoms with Crippen LogP contribution in [0.5, 0.6) is 5.75 Å². The number of anilines is 1. The van der Waals surface area contributed by atoms with Crippen molar-refractivity contribution >= 4 is 11.7 Å². The fourth-order valence-electron chi connectivity index (χ4n) is 1.64. The van der Waals surface area contributed by atoms with Crippen molar-refractivity contribution < 1.29 is 9.53 Å². The molecule has 0 aliphatic rings. The Bertz CT molecular complexity index is 634. The Kier molecular flexibility index (Phi) is 4.02. The zero-order chi connectivity index (χ0) is 14.7. The zero-order valence-corrected chi connectivity index (χ0v) is 12.1. The highest BCUT2D eigenvalue weighted by Gasteiger charge is 2.10. The van der Waals surface area contributed by atoms with E-state index in [1.54, 1.807) is 11.7 Å². The van der Waals surface area contributed by atoms with Gasteiger partial charge in [-0.25, -0.2) is 0 Å². The molecule has 2 rings (SSSR count). The second kappa shape index (κ2) is 5.73. The highest BCUT2D eigenvalue weighted by molar-refractivity contribution is 5.91. The number of aromatic nitrogens is 3. The summed E-state index contributed by atoms with van der Waals surface area (Å²) >= 11 is 0. The van der Waals surface area contributed by atoms with Crippen molar-refractivity contribution in [2.45, 2.75) is 20.8 Å². The summed E-state index contributed by atoms with van der Waals surface area (Å²) in [5, 5.41) is 10.4. The molecule has 0 unspecified atom stereocenters. The van der Waals surface area contributed by atoms with Gasteiger partial charge >= 0.3 is 0 Å². The van der Waals surface area contributed by atoms with Gasteiger partial charge in [0.15, 0.2) is 12.4 Å². The summed E-state index contributed by atoms with van der Waals surface area (Å²) in [6.45, 7) is 5.81. The van der Waals surface area contributed by atoms with Gasteiger partial charge in [0, 0.05) is 7.05 Å². The van der Waals surface area contributed by atoms with Gasteiger partial charge in [-0.05, 0) is 44.0 Å². The standard InChI is InChI=1S/C14H18N4O2/c1-9-5-6-12(7-10(9)2)20-8-13(19)15-14-11(3)18(4)17-16-14/h5-7H,8H2,1-4H3,(H,15,19). The van der Waals surface area contributed by atoms with Crippen molar-refractivity contribution in [1.29, 1.82) is 0 Å². The minimum absolute atomic E-state index is 0.0570. The van der Waals surface area contributed by atoms with Crippen LogP contribution < -0.4 is 10.1 Å². The quantitative estimate of drug-likeness (QED) is 0.922. The van der Waals surface area contributed by atoms with Gasteiger partial charge in [-0.2, -0.15) is 0 Å². The van der Waals surface area contributed by atoms with E-state index in [2.05, 4.69) is 15.6 Å². The van der Waals surface area contributed by atoms with E-state index in [9.17, 15) is 4.79 Å². The van der Waals surface area contributed by atoms with Crippen molar-refractivity contribution in [1.82, 2.24) is 15.0 Å². The number of rotatable bonds is 4. The van der Waals surface area contributed by atoms with Crippen molar-refractivity contribution in [2.75, 3.05) is 11.9 Å². The van der Waals surface area contributed by atoms with Crippen LogP contribution in [0.15, 0.2) is 18.2 Å². The minimum atomic E-state index is -0.258. The van der Waals surface area contributed by atoms with Crippen LogP contribution >= 0.6 is 0 Å². The minimum Gasteiger partial charge on any atom is -0.484 e. The lowest BCUT2D eigenvalue weighted by Gasteiger charge is -2.08. The number of amides is 1. The molecule has 6 heteroatoms. The molecule has 0 saturated carbocycles. The Morgan fingerprint density at radius 2 is 2.05 bits per heavy atom. The molecule has 20 heavy (non-hydrogen) atoms. The van der Waals surface area contributed by atoms with Gasteiger partial charge in [-0.3, -0.25) is 9.48 Å². The number of nitrogens with one attached hydrogen (secondary N) is 1. The summed E-state index contributed by atoms with van der Waals surface area (Å²) in [4.78, 5) is 11.8. The average molecular weight is 274 g/mol. The van der Waals surface area contributed by atoms with Crippen LogP contribution in [-0.4, -0.2) is 27.5 Å². The van der Waals surface area contributed by atoms with Crippen LogP contribution in [0.25, 0.3) is 0 Å². The average Bonchev–Trinajstić information content (AvgIpc) is 2.72. The monoisotopic (exact) mass is 274 g/mol. The van der Waals surface area contributed by atoms with Gasteiger partial charge in [-0.15, -0.1) is 5.10 Å². The molecule has 0 aliphatic heterocycles. The van der Waals surface area contributed by atoms with Crippen LogP contribution in [0.2, 0.25) is 0 Å². The number of benzene rings is 1. The maximum atomic E-state index is 11.8. The van der Waals surface area contributed by atoms with E-state index in [-0.39, 0.29) is 12.5 Å². The molecule has 0 saturated heterocycles. The Morgan fingerprint density at radius 1 is 1.30 bits per heavy atom. The first-order valence-corrected chi connectivity index (χ1v) is 6.33. The van der Waals surface area contributed by atoms with Crippen molar-refractivity contribution in [3.8, 4) is 5.75 Å². The zero-order valence-electron chi connectivity index (χ0n) is 12.1. The molecular formula is C14H18N4O2. The van der Waals surface area contributed by atoms with E-state index >= 15 is 0 Å². The molecule has 0 aliphatic carbocycles. The molecule has 1 heterocycles. The SMILES string of the molecule is Cc1ccc(OCC(=O)Nc2nnn(C)c2C)cc1C. The lowest BCUT2D eigenvalue weighted by Crippen LogP contribution is -2.21. The van der Waals surface area contributed by atoms with Crippen LogP contribution in [0, 0.1) is 20.8 Å². The van der Waals surface area contributed by atoms with Gasteiger partial charge in [0.25, 0.3) is 5.91 Å². The predicted molar refractivity (Wildman–Crippen MR) is 75.8 cm³/mol. The summed E-state index contributed by atoms with van der Waals surface area (Å²) in [6, 6.07) is 5.73. The molecule has 6 nitrogen and oxygen atoms in total. The first-order valence-electron chi connectivity index (χ1n) is 6.33. The summed E-state index contributed by atoms with van der Waals surface area (Å²) in [6.07, 6.45) is 0. The second-order valence-corrected chi connectivity index (χ2v) is 4.73. The number of carbonyl (C=O) groups is 1. The largest absolute Gasteiger partial charge is 0.484 e. The van der Waals surface area contributed by atoms with Gasteiger partial charge in [0.1, 0.15) is 5.75 Å². The normalized spacial score (nSPS) is 10.4. The predicted octanol–water partition coefficient (Wildman–Crippen LogP) is 1.76. The maximum Gasteiger partial charge on any atom is 0.263 e. The number of aryl methyl sites for hydroxylation is 3. The first-order chi connectivity index (χ1) is 9.47. The lowest BCUT2D eigenvalue weighted by molar-refractivity contribution is -0.118. The van der Waals surface area contributed by atoms with E-state index in [4.69, 9.17) is 4.74 Å². The molecule has 1 aromatic heterocycles. The molecule has 0 atom stereocenters. The van der Waals surface area contributed by atoms with Gasteiger partial charge in [0.2, 0.25) is 0 Å². The molecule has 106 valence electrons. The molecular weight excluding hydrogens is 256 g/mol.